The van der Waals surface area contributed by atoms with Crippen molar-refractivity contribution in [3.63, 3.8) is 0 Å². The van der Waals surface area contributed by atoms with E-state index < -0.39 is 0 Å². The van der Waals surface area contributed by atoms with Gasteiger partial charge in [-0.25, -0.2) is 9.97 Å². The van der Waals surface area contributed by atoms with E-state index in [0.717, 1.165) is 17.4 Å². The zero-order valence-corrected chi connectivity index (χ0v) is 12.2. The molecule has 4 heteroatoms. The van der Waals surface area contributed by atoms with E-state index in [9.17, 15) is 0 Å². The van der Waals surface area contributed by atoms with Crippen LogP contribution in [0.25, 0.3) is 0 Å². The molecule has 0 atom stereocenters. The Labute approximate surface area is 115 Å². The average molecular weight is 268 g/mol. The van der Waals surface area contributed by atoms with Crippen LogP contribution in [-0.4, -0.2) is 23.1 Å². The van der Waals surface area contributed by atoms with Crippen molar-refractivity contribution in [2.75, 3.05) is 11.9 Å². The number of aromatic nitrogens is 2. The van der Waals surface area contributed by atoms with Gasteiger partial charge in [0.2, 0.25) is 5.28 Å². The molecule has 1 aliphatic carbocycles. The second-order valence-corrected chi connectivity index (χ2v) is 5.67. The Morgan fingerprint density at radius 3 is 2.50 bits per heavy atom. The smallest absolute Gasteiger partial charge is 0.224 e. The van der Waals surface area contributed by atoms with Crippen LogP contribution in [0, 0.1) is 12.8 Å². The van der Waals surface area contributed by atoms with Crippen LogP contribution in [0.1, 0.15) is 44.7 Å². The Bertz CT molecular complexity index is 380. The summed E-state index contributed by atoms with van der Waals surface area (Å²) in [6.07, 6.45) is 6.51. The fourth-order valence-electron chi connectivity index (χ4n) is 2.82. The number of nitrogens with zero attached hydrogens (tertiary/aromatic N) is 3. The maximum absolute atomic E-state index is 5.93. The van der Waals surface area contributed by atoms with Crippen LogP contribution in [0.2, 0.25) is 5.28 Å². The average Bonchev–Trinajstić information content (AvgIpc) is 2.37. The summed E-state index contributed by atoms with van der Waals surface area (Å²) in [5.74, 6) is 1.87. The van der Waals surface area contributed by atoms with Gasteiger partial charge in [0, 0.05) is 24.8 Å². The Morgan fingerprint density at radius 1 is 1.28 bits per heavy atom. The van der Waals surface area contributed by atoms with Gasteiger partial charge in [0.1, 0.15) is 5.82 Å². The molecule has 1 aromatic heterocycles. The van der Waals surface area contributed by atoms with Crippen molar-refractivity contribution in [3.05, 3.63) is 17.0 Å². The van der Waals surface area contributed by atoms with Crippen molar-refractivity contribution in [2.45, 2.75) is 52.0 Å². The van der Waals surface area contributed by atoms with Gasteiger partial charge in [-0.1, -0.05) is 13.3 Å². The van der Waals surface area contributed by atoms with E-state index in [1.54, 1.807) is 0 Å². The van der Waals surface area contributed by atoms with Crippen LogP contribution in [0.15, 0.2) is 6.07 Å². The largest absolute Gasteiger partial charge is 0.357 e. The van der Waals surface area contributed by atoms with E-state index in [4.69, 9.17) is 11.6 Å². The van der Waals surface area contributed by atoms with Gasteiger partial charge in [0.25, 0.3) is 0 Å². The van der Waals surface area contributed by atoms with Crippen molar-refractivity contribution in [2.24, 2.45) is 5.92 Å². The highest BCUT2D eigenvalue weighted by molar-refractivity contribution is 6.28. The van der Waals surface area contributed by atoms with E-state index in [2.05, 4.69) is 28.8 Å². The maximum atomic E-state index is 5.93. The lowest BCUT2D eigenvalue weighted by molar-refractivity contribution is 0.313. The molecule has 1 aliphatic rings. The fourth-order valence-corrected chi connectivity index (χ4v) is 3.04. The molecule has 1 heterocycles. The van der Waals surface area contributed by atoms with E-state index in [1.165, 1.54) is 32.1 Å². The van der Waals surface area contributed by atoms with E-state index in [0.29, 0.717) is 11.3 Å². The van der Waals surface area contributed by atoms with Crippen molar-refractivity contribution in [3.8, 4) is 0 Å². The SMILES string of the molecule is CCC1CCC(N(C)c2cc(C)nc(Cl)n2)CC1. The Hall–Kier alpha value is -0.830. The summed E-state index contributed by atoms with van der Waals surface area (Å²) in [5.41, 5.74) is 0.930. The molecule has 0 bridgehead atoms. The van der Waals surface area contributed by atoms with Gasteiger partial charge in [-0.3, -0.25) is 0 Å². The first-order valence-electron chi connectivity index (χ1n) is 6.84. The molecule has 0 aliphatic heterocycles. The lowest BCUT2D eigenvalue weighted by Gasteiger charge is -2.35. The van der Waals surface area contributed by atoms with Crippen LogP contribution < -0.4 is 4.90 Å². The van der Waals surface area contributed by atoms with Gasteiger partial charge >= 0.3 is 0 Å². The molecule has 0 aromatic carbocycles. The Kier molecular flexibility index (Phi) is 4.44. The summed E-state index contributed by atoms with van der Waals surface area (Å²) in [5, 5.41) is 0.346. The molecule has 0 saturated heterocycles. The molecule has 18 heavy (non-hydrogen) atoms. The van der Waals surface area contributed by atoms with Crippen LogP contribution in [0.4, 0.5) is 5.82 Å². The summed E-state index contributed by atoms with van der Waals surface area (Å²) in [4.78, 5) is 10.7. The van der Waals surface area contributed by atoms with Crippen LogP contribution in [0.5, 0.6) is 0 Å². The topological polar surface area (TPSA) is 29.0 Å². The predicted octanol–water partition coefficient (Wildman–Crippen LogP) is 3.84. The minimum Gasteiger partial charge on any atom is -0.357 e. The fraction of sp³-hybridized carbons (Fsp3) is 0.714. The third kappa shape index (κ3) is 3.14. The highest BCUT2D eigenvalue weighted by atomic mass is 35.5. The monoisotopic (exact) mass is 267 g/mol. The van der Waals surface area contributed by atoms with Crippen molar-refractivity contribution in [1.29, 1.82) is 0 Å². The first kappa shape index (κ1) is 13.6. The molecule has 2 rings (SSSR count). The van der Waals surface area contributed by atoms with Crippen LogP contribution in [0.3, 0.4) is 0 Å². The number of rotatable bonds is 3. The highest BCUT2D eigenvalue weighted by Gasteiger charge is 2.24. The first-order valence-corrected chi connectivity index (χ1v) is 7.22. The molecule has 1 saturated carbocycles. The van der Waals surface area contributed by atoms with E-state index >= 15 is 0 Å². The number of hydrogen-bond donors (Lipinski definition) is 0. The first-order chi connectivity index (χ1) is 8.60. The number of halogens is 1. The van der Waals surface area contributed by atoms with Crippen molar-refractivity contribution >= 4 is 17.4 Å². The molecule has 0 N–H and O–H groups in total. The molecule has 1 fully saturated rings. The molecule has 100 valence electrons. The number of aryl methyl sites for hydroxylation is 1. The summed E-state index contributed by atoms with van der Waals surface area (Å²) in [7, 11) is 2.12. The van der Waals surface area contributed by atoms with Gasteiger partial charge in [0.05, 0.1) is 0 Å². The minimum atomic E-state index is 0.346. The van der Waals surface area contributed by atoms with Gasteiger partial charge < -0.3 is 4.90 Å². The zero-order chi connectivity index (χ0) is 13.1. The standard InChI is InChI=1S/C14H22ClN3/c1-4-11-5-7-12(8-6-11)18(3)13-9-10(2)16-14(15)17-13/h9,11-12H,4-8H2,1-3H3. The quantitative estimate of drug-likeness (QED) is 0.779. The summed E-state index contributed by atoms with van der Waals surface area (Å²) in [6.45, 7) is 4.25. The van der Waals surface area contributed by atoms with Gasteiger partial charge in [-0.15, -0.1) is 0 Å². The molecule has 0 unspecified atom stereocenters. The summed E-state index contributed by atoms with van der Waals surface area (Å²) in [6, 6.07) is 2.61. The molecule has 0 spiro atoms. The molecular formula is C14H22ClN3. The van der Waals surface area contributed by atoms with E-state index in [-0.39, 0.29) is 0 Å². The van der Waals surface area contributed by atoms with Crippen LogP contribution in [-0.2, 0) is 0 Å². The second-order valence-electron chi connectivity index (χ2n) is 5.33. The van der Waals surface area contributed by atoms with Gasteiger partial charge in [0.15, 0.2) is 0 Å². The number of hydrogen-bond acceptors (Lipinski definition) is 3. The maximum Gasteiger partial charge on any atom is 0.224 e. The molecule has 1 aromatic rings. The minimum absolute atomic E-state index is 0.346. The molecule has 0 amide bonds. The molecule has 0 radical (unpaired) electrons. The summed E-state index contributed by atoms with van der Waals surface area (Å²) >= 11 is 5.93. The lowest BCUT2D eigenvalue weighted by Crippen LogP contribution is -2.35. The second kappa shape index (κ2) is 5.87. The van der Waals surface area contributed by atoms with E-state index in [1.807, 2.05) is 13.0 Å². The normalized spacial score (nSPS) is 24.0. The third-order valence-corrected chi connectivity index (χ3v) is 4.29. The predicted molar refractivity (Wildman–Crippen MR) is 76.2 cm³/mol. The van der Waals surface area contributed by atoms with Crippen LogP contribution >= 0.6 is 11.6 Å². The number of anilines is 1. The summed E-state index contributed by atoms with van der Waals surface area (Å²) < 4.78 is 0. The lowest BCUT2D eigenvalue weighted by atomic mass is 9.84. The van der Waals surface area contributed by atoms with Gasteiger partial charge in [-0.2, -0.15) is 0 Å². The Balaban J connectivity index is 2.05. The van der Waals surface area contributed by atoms with Gasteiger partial charge in [-0.05, 0) is 50.1 Å². The van der Waals surface area contributed by atoms with Crippen molar-refractivity contribution < 1.29 is 0 Å². The Morgan fingerprint density at radius 2 is 1.94 bits per heavy atom. The zero-order valence-electron chi connectivity index (χ0n) is 11.5. The highest BCUT2D eigenvalue weighted by Crippen LogP contribution is 2.30. The van der Waals surface area contributed by atoms with Crippen molar-refractivity contribution in [1.82, 2.24) is 9.97 Å². The third-order valence-electron chi connectivity index (χ3n) is 4.12. The molecular weight excluding hydrogens is 246 g/mol. The molecule has 3 nitrogen and oxygen atoms in total.